The van der Waals surface area contributed by atoms with Crippen LogP contribution >= 0.6 is 0 Å². The van der Waals surface area contributed by atoms with Crippen LogP contribution in [-0.2, 0) is 47.5 Å². The number of hydrogen-bond donors (Lipinski definition) is 14. The maximum absolute atomic E-state index is 15.2. The molecule has 0 radical (unpaired) electrons. The van der Waals surface area contributed by atoms with Gasteiger partial charge in [0.15, 0.2) is 25.0 Å². The Kier molecular flexibility index (Phi) is 16.4. The Morgan fingerprint density at radius 2 is 1.19 bits per heavy atom. The zero-order valence-electron chi connectivity index (χ0n) is 44.8. The molecular formula is C53H84O24. The highest BCUT2D eigenvalue weighted by molar-refractivity contribution is 5.79. The number of fused-ring (bicyclic) bond motifs is 7. The number of carbonyl (C=O) groups is 2. The van der Waals surface area contributed by atoms with Crippen molar-refractivity contribution in [1.82, 2.24) is 0 Å². The van der Waals surface area contributed by atoms with Crippen LogP contribution in [0.2, 0.25) is 0 Å². The number of rotatable bonds is 11. The first-order valence-corrected chi connectivity index (χ1v) is 27.4. The first-order chi connectivity index (χ1) is 36.0. The Morgan fingerprint density at radius 3 is 1.83 bits per heavy atom. The summed E-state index contributed by atoms with van der Waals surface area (Å²) >= 11 is 0. The highest BCUT2D eigenvalue weighted by Crippen LogP contribution is 2.76. The largest absolute Gasteiger partial charge is 0.481 e. The number of carboxylic acids is 1. The minimum atomic E-state index is -1.97. The number of hydrogen-bond acceptors (Lipinski definition) is 23. The summed E-state index contributed by atoms with van der Waals surface area (Å²) in [5.41, 5.74) is -3.95. The van der Waals surface area contributed by atoms with Crippen molar-refractivity contribution in [2.75, 3.05) is 19.8 Å². The van der Waals surface area contributed by atoms with Gasteiger partial charge in [0, 0.05) is 0 Å². The van der Waals surface area contributed by atoms with Gasteiger partial charge in [-0.1, -0.05) is 46.3 Å². The summed E-state index contributed by atoms with van der Waals surface area (Å²) in [6.07, 6.45) is -28.1. The van der Waals surface area contributed by atoms with Crippen LogP contribution in [0.15, 0.2) is 11.6 Å². The van der Waals surface area contributed by atoms with Crippen LogP contribution in [-0.4, -0.2) is 232 Å². The third-order valence-electron chi connectivity index (χ3n) is 21.1. The zero-order chi connectivity index (χ0) is 56.4. The molecule has 9 aliphatic rings. The fraction of sp³-hybridized carbons (Fsp3) is 0.925. The summed E-state index contributed by atoms with van der Waals surface area (Å²) in [6, 6.07) is 0. The summed E-state index contributed by atoms with van der Waals surface area (Å²) in [6.45, 7) is 11.7. The molecule has 24 nitrogen and oxygen atoms in total. The van der Waals surface area contributed by atoms with Crippen molar-refractivity contribution in [2.45, 2.75) is 235 Å². The standard InChI is InChI=1S/C53H84O24/c1-21-30(58)34(62)36(64)42(71-21)75-40-31(59)25(57)20-70-45(40)77-47(69)53-14-12-48(2,3)16-23(53)22-8-9-28-49(4)17-24(56)41(52(7,46(67)68)29(49)10-11-51(28,6)50(22,5)13-15-53)76-44-38(66)39(33(61)27(19-55)73-44)74-43-37(65)35(63)32(60)26(18-54)72-43/h8,21,23-45,54-66H,9-20H2,1-7H3,(H,67,68). The van der Waals surface area contributed by atoms with Gasteiger partial charge in [0.05, 0.1) is 42.9 Å². The van der Waals surface area contributed by atoms with Crippen LogP contribution in [0.3, 0.4) is 0 Å². The quantitative estimate of drug-likeness (QED) is 0.0586. The van der Waals surface area contributed by atoms with E-state index in [1.165, 1.54) is 13.8 Å². The van der Waals surface area contributed by atoms with E-state index >= 15 is 4.79 Å². The molecule has 4 aliphatic heterocycles. The van der Waals surface area contributed by atoms with Gasteiger partial charge in [0.1, 0.15) is 85.5 Å². The number of carbonyl (C=O) groups excluding carboxylic acids is 1. The Morgan fingerprint density at radius 1 is 0.610 bits per heavy atom. The summed E-state index contributed by atoms with van der Waals surface area (Å²) in [7, 11) is 0. The minimum Gasteiger partial charge on any atom is -0.481 e. The number of aliphatic hydroxyl groups is 13. The van der Waals surface area contributed by atoms with Gasteiger partial charge in [-0.2, -0.15) is 0 Å². The normalized spacial score (nSPS) is 54.6. The van der Waals surface area contributed by atoms with Gasteiger partial charge in [-0.3, -0.25) is 9.59 Å². The van der Waals surface area contributed by atoms with Gasteiger partial charge >= 0.3 is 11.9 Å². The molecule has 4 saturated heterocycles. The van der Waals surface area contributed by atoms with Gasteiger partial charge < -0.3 is 109 Å². The third kappa shape index (κ3) is 9.46. The van der Waals surface area contributed by atoms with E-state index in [-0.39, 0.29) is 23.7 Å². The molecule has 0 amide bonds. The summed E-state index contributed by atoms with van der Waals surface area (Å²) in [5.74, 6) is -3.06. The lowest BCUT2D eigenvalue weighted by Gasteiger charge is -2.71. The average Bonchev–Trinajstić information content (AvgIpc) is 3.52. The van der Waals surface area contributed by atoms with Gasteiger partial charge in [0.25, 0.3) is 0 Å². The van der Waals surface area contributed by atoms with Gasteiger partial charge in [-0.05, 0) is 111 Å². The molecule has 0 aromatic rings. The topological polar surface area (TPSA) is 391 Å². The molecule has 29 atom stereocenters. The number of carboxylic acid groups (broad SMARTS) is 1. The molecule has 0 spiro atoms. The predicted octanol–water partition coefficient (Wildman–Crippen LogP) is -2.33. The van der Waals surface area contributed by atoms with Crippen LogP contribution in [0.5, 0.6) is 0 Å². The van der Waals surface area contributed by atoms with Crippen LogP contribution in [0.1, 0.15) is 106 Å². The fourth-order valence-corrected chi connectivity index (χ4v) is 16.2. The molecule has 0 bridgehead atoms. The van der Waals surface area contributed by atoms with Gasteiger partial charge in [-0.25, -0.2) is 0 Å². The Hall–Kier alpha value is -2.12. The Balaban J connectivity index is 0.976. The number of aliphatic hydroxyl groups excluding tert-OH is 13. The Labute approximate surface area is 446 Å². The SMILES string of the molecule is CC1OC(OC2C(OC(=O)C34CCC(C)(C)CC3C3=CCC5C6(C)CC(O)C(OC7OC(CO)C(O)C(OC8OC(CO)C(O)C(O)C8O)C7O)C(C)(C(=O)O)C6CCC5(C)C3(C)CC4)OCC(O)C2O)C(O)C(O)C1O. The number of allylic oxidation sites excluding steroid dienone is 2. The van der Waals surface area contributed by atoms with Crippen LogP contribution in [0.25, 0.3) is 0 Å². The first-order valence-electron chi connectivity index (χ1n) is 27.4. The van der Waals surface area contributed by atoms with E-state index in [0.717, 1.165) is 5.57 Å². The maximum Gasteiger partial charge on any atom is 0.315 e. The number of aliphatic carboxylic acids is 1. The fourth-order valence-electron chi connectivity index (χ4n) is 16.2. The molecule has 24 heteroatoms. The lowest BCUT2D eigenvalue weighted by atomic mass is 9.33. The van der Waals surface area contributed by atoms with Crippen molar-refractivity contribution in [1.29, 1.82) is 0 Å². The zero-order valence-corrected chi connectivity index (χ0v) is 44.8. The van der Waals surface area contributed by atoms with E-state index in [1.807, 2.05) is 6.92 Å². The van der Waals surface area contributed by atoms with Crippen molar-refractivity contribution in [3.05, 3.63) is 11.6 Å². The van der Waals surface area contributed by atoms with E-state index in [1.54, 1.807) is 0 Å². The van der Waals surface area contributed by atoms with Crippen LogP contribution in [0.4, 0.5) is 0 Å². The highest BCUT2D eigenvalue weighted by atomic mass is 16.8. The summed E-state index contributed by atoms with van der Waals surface area (Å²) in [5, 5.41) is 152. The molecule has 9 rings (SSSR count). The number of esters is 1. The van der Waals surface area contributed by atoms with E-state index < -0.39 is 194 Å². The summed E-state index contributed by atoms with van der Waals surface area (Å²) in [4.78, 5) is 29.1. The second kappa shape index (κ2) is 21.3. The molecule has 14 N–H and O–H groups in total. The van der Waals surface area contributed by atoms with E-state index in [2.05, 4.69) is 33.8 Å². The van der Waals surface area contributed by atoms with E-state index in [4.69, 9.17) is 37.9 Å². The molecule has 5 aliphatic carbocycles. The molecule has 8 fully saturated rings. The highest BCUT2D eigenvalue weighted by Gasteiger charge is 2.73. The van der Waals surface area contributed by atoms with Crippen molar-refractivity contribution in [2.24, 2.45) is 50.2 Å². The minimum absolute atomic E-state index is 0.0592. The monoisotopic (exact) mass is 1100 g/mol. The molecule has 440 valence electrons. The second-order valence-electron chi connectivity index (χ2n) is 25.7. The van der Waals surface area contributed by atoms with Crippen molar-refractivity contribution in [3.8, 4) is 0 Å². The second-order valence-corrected chi connectivity index (χ2v) is 25.7. The molecule has 77 heavy (non-hydrogen) atoms. The maximum atomic E-state index is 15.2. The van der Waals surface area contributed by atoms with Crippen molar-refractivity contribution in [3.63, 3.8) is 0 Å². The van der Waals surface area contributed by atoms with E-state index in [9.17, 15) is 76.3 Å². The van der Waals surface area contributed by atoms with Gasteiger partial charge in [0.2, 0.25) is 6.29 Å². The smallest absolute Gasteiger partial charge is 0.315 e. The lowest BCUT2D eigenvalue weighted by Crippen LogP contribution is -2.70. The van der Waals surface area contributed by atoms with Crippen LogP contribution in [0, 0.1) is 50.2 Å². The number of ether oxygens (including phenoxy) is 8. The molecule has 0 aromatic carbocycles. The van der Waals surface area contributed by atoms with Gasteiger partial charge in [-0.15, -0.1) is 0 Å². The average molecular weight is 1110 g/mol. The summed E-state index contributed by atoms with van der Waals surface area (Å²) < 4.78 is 47.1. The lowest BCUT2D eigenvalue weighted by molar-refractivity contribution is -0.373. The molecule has 4 saturated carbocycles. The van der Waals surface area contributed by atoms with E-state index in [0.29, 0.717) is 51.4 Å². The Bertz CT molecular complexity index is 2180. The molecule has 0 aromatic heterocycles. The van der Waals surface area contributed by atoms with Crippen LogP contribution < -0.4 is 0 Å². The van der Waals surface area contributed by atoms with Crippen molar-refractivity contribution >= 4 is 11.9 Å². The van der Waals surface area contributed by atoms with Crippen molar-refractivity contribution < 1.29 is 119 Å². The predicted molar refractivity (Wildman–Crippen MR) is 259 cm³/mol. The first kappa shape index (κ1) is 59.5. The molecule has 4 heterocycles. The molecule has 29 unspecified atom stereocenters. The molecular weight excluding hydrogens is 1020 g/mol. The third-order valence-corrected chi connectivity index (χ3v) is 21.1.